The smallest absolute Gasteiger partial charge is 0.0866 e. The number of nitrogens with zero attached hydrogens (tertiary/aromatic N) is 1. The number of unbranched alkanes of at least 4 members (excludes halogenated alkanes) is 1. The Bertz CT molecular complexity index is 540. The fourth-order valence-corrected chi connectivity index (χ4v) is 3.28. The predicted molar refractivity (Wildman–Crippen MR) is 112 cm³/mol. The Morgan fingerprint density at radius 3 is 2.32 bits per heavy atom. The molecular weight excluding hydrogens is 302 g/mol. The van der Waals surface area contributed by atoms with Gasteiger partial charge in [-0.05, 0) is 61.2 Å². The molecule has 0 spiro atoms. The van der Waals surface area contributed by atoms with E-state index in [1.54, 1.807) is 0 Å². The Morgan fingerprint density at radius 1 is 1.20 bits per heavy atom. The molecule has 0 aromatic heterocycles. The molecule has 1 aliphatic rings. The molecule has 0 N–H and O–H groups in total. The summed E-state index contributed by atoms with van der Waals surface area (Å²) in [7, 11) is 0. The minimum atomic E-state index is 0.597. The maximum Gasteiger partial charge on any atom is 0.0866 e. The quantitative estimate of drug-likeness (QED) is 0.228. The SMILES string of the molecule is C=C(C)C(=C=CC(CC(C)CCCC)C(C)C)N1CC1=C(C)C(C)C. The summed E-state index contributed by atoms with van der Waals surface area (Å²) in [5.41, 5.74) is 8.89. The lowest BCUT2D eigenvalue weighted by molar-refractivity contribution is 0.347. The van der Waals surface area contributed by atoms with Gasteiger partial charge in [-0.1, -0.05) is 73.1 Å². The molecular formula is C24H41N. The molecule has 2 atom stereocenters. The van der Waals surface area contributed by atoms with Gasteiger partial charge in [-0.15, -0.1) is 0 Å². The average molecular weight is 344 g/mol. The van der Waals surface area contributed by atoms with Crippen LogP contribution in [0.4, 0.5) is 0 Å². The molecule has 1 nitrogen and oxygen atoms in total. The normalized spacial score (nSPS) is 18.1. The highest BCUT2D eigenvalue weighted by atomic mass is 15.3. The lowest BCUT2D eigenvalue weighted by atomic mass is 9.85. The van der Waals surface area contributed by atoms with Crippen LogP contribution in [0.5, 0.6) is 0 Å². The Morgan fingerprint density at radius 2 is 1.84 bits per heavy atom. The molecule has 0 aromatic rings. The third-order valence-corrected chi connectivity index (χ3v) is 5.54. The van der Waals surface area contributed by atoms with Gasteiger partial charge in [0.05, 0.1) is 12.2 Å². The molecule has 0 saturated carbocycles. The van der Waals surface area contributed by atoms with Crippen molar-refractivity contribution >= 4 is 0 Å². The number of rotatable bonds is 10. The third kappa shape index (κ3) is 6.90. The maximum atomic E-state index is 4.20. The van der Waals surface area contributed by atoms with Gasteiger partial charge in [-0.2, -0.15) is 0 Å². The zero-order chi connectivity index (χ0) is 19.1. The molecule has 1 heteroatoms. The maximum absolute atomic E-state index is 4.20. The molecule has 1 aliphatic heterocycles. The van der Waals surface area contributed by atoms with E-state index >= 15 is 0 Å². The standard InChI is InChI=1S/C24H41N/c1-10-11-12-20(8)15-22(18(4)5)13-14-23(19(6)7)25-16-24(25)21(9)17(2)3/h13,17-18,20,22H,6,10-12,15-16H2,1-5,7-9H3. The van der Waals surface area contributed by atoms with Gasteiger partial charge in [0.15, 0.2) is 0 Å². The lowest BCUT2D eigenvalue weighted by Gasteiger charge is -2.21. The second-order valence-electron chi connectivity index (χ2n) is 8.70. The van der Waals surface area contributed by atoms with Crippen molar-refractivity contribution in [3.63, 3.8) is 0 Å². The molecule has 2 unspecified atom stereocenters. The molecule has 25 heavy (non-hydrogen) atoms. The largest absolute Gasteiger partial charge is 0.331 e. The predicted octanol–water partition coefficient (Wildman–Crippen LogP) is 7.34. The monoisotopic (exact) mass is 343 g/mol. The van der Waals surface area contributed by atoms with Crippen LogP contribution in [-0.2, 0) is 0 Å². The van der Waals surface area contributed by atoms with Crippen LogP contribution in [0.15, 0.2) is 40.9 Å². The first-order chi connectivity index (χ1) is 11.7. The van der Waals surface area contributed by atoms with Gasteiger partial charge in [0, 0.05) is 5.70 Å². The van der Waals surface area contributed by atoms with E-state index in [1.807, 2.05) is 0 Å². The van der Waals surface area contributed by atoms with Crippen LogP contribution in [0, 0.1) is 23.7 Å². The van der Waals surface area contributed by atoms with Crippen molar-refractivity contribution in [2.24, 2.45) is 23.7 Å². The third-order valence-electron chi connectivity index (χ3n) is 5.54. The Balaban J connectivity index is 2.95. The van der Waals surface area contributed by atoms with Crippen LogP contribution >= 0.6 is 0 Å². The molecule has 1 rings (SSSR count). The Hall–Kier alpha value is -1.20. The van der Waals surface area contributed by atoms with Gasteiger partial charge in [-0.25, -0.2) is 0 Å². The van der Waals surface area contributed by atoms with Crippen LogP contribution in [0.2, 0.25) is 0 Å². The van der Waals surface area contributed by atoms with Gasteiger partial charge in [-0.3, -0.25) is 0 Å². The number of hydrogen-bond acceptors (Lipinski definition) is 1. The van der Waals surface area contributed by atoms with Gasteiger partial charge < -0.3 is 4.90 Å². The minimum absolute atomic E-state index is 0.597. The summed E-state index contributed by atoms with van der Waals surface area (Å²) >= 11 is 0. The van der Waals surface area contributed by atoms with Crippen molar-refractivity contribution in [2.45, 2.75) is 81.1 Å². The van der Waals surface area contributed by atoms with E-state index in [1.165, 1.54) is 42.7 Å². The lowest BCUT2D eigenvalue weighted by Crippen LogP contribution is -2.10. The summed E-state index contributed by atoms with van der Waals surface area (Å²) < 4.78 is 0. The highest BCUT2D eigenvalue weighted by molar-refractivity contribution is 5.40. The molecule has 1 fully saturated rings. The topological polar surface area (TPSA) is 3.01 Å². The minimum Gasteiger partial charge on any atom is -0.331 e. The zero-order valence-corrected chi connectivity index (χ0v) is 18.1. The van der Waals surface area contributed by atoms with Crippen molar-refractivity contribution in [3.05, 3.63) is 40.9 Å². The first-order valence-corrected chi connectivity index (χ1v) is 10.3. The fourth-order valence-electron chi connectivity index (χ4n) is 3.28. The first-order valence-electron chi connectivity index (χ1n) is 10.3. The Labute approximate surface area is 157 Å². The molecule has 0 aromatic carbocycles. The van der Waals surface area contributed by atoms with E-state index < -0.39 is 0 Å². The summed E-state index contributed by atoms with van der Waals surface area (Å²) in [5, 5.41) is 0. The summed E-state index contributed by atoms with van der Waals surface area (Å²) in [5.74, 6) is 2.65. The molecule has 0 amide bonds. The summed E-state index contributed by atoms with van der Waals surface area (Å²) in [6, 6.07) is 0. The van der Waals surface area contributed by atoms with Crippen molar-refractivity contribution in [3.8, 4) is 0 Å². The van der Waals surface area contributed by atoms with Crippen LogP contribution in [0.1, 0.15) is 81.1 Å². The molecule has 1 saturated heterocycles. The zero-order valence-electron chi connectivity index (χ0n) is 18.1. The number of allylic oxidation sites excluding steroid dienone is 2. The van der Waals surface area contributed by atoms with Gasteiger partial charge in [0.2, 0.25) is 0 Å². The molecule has 0 radical (unpaired) electrons. The summed E-state index contributed by atoms with van der Waals surface area (Å²) in [6.45, 7) is 23.5. The first kappa shape index (κ1) is 21.8. The van der Waals surface area contributed by atoms with Crippen LogP contribution in [0.3, 0.4) is 0 Å². The average Bonchev–Trinajstić information content (AvgIpc) is 3.30. The van der Waals surface area contributed by atoms with E-state index in [4.69, 9.17) is 0 Å². The van der Waals surface area contributed by atoms with Crippen molar-refractivity contribution in [1.82, 2.24) is 4.90 Å². The van der Waals surface area contributed by atoms with Crippen molar-refractivity contribution < 1.29 is 0 Å². The van der Waals surface area contributed by atoms with E-state index in [-0.39, 0.29) is 0 Å². The number of hydrogen-bond donors (Lipinski definition) is 0. The summed E-state index contributed by atoms with van der Waals surface area (Å²) in [4.78, 5) is 2.38. The van der Waals surface area contributed by atoms with Crippen molar-refractivity contribution in [2.75, 3.05) is 6.54 Å². The van der Waals surface area contributed by atoms with E-state index in [0.29, 0.717) is 17.8 Å². The molecule has 1 heterocycles. The van der Waals surface area contributed by atoms with Gasteiger partial charge in [0.1, 0.15) is 0 Å². The van der Waals surface area contributed by atoms with Gasteiger partial charge >= 0.3 is 0 Å². The van der Waals surface area contributed by atoms with Crippen LogP contribution in [0.25, 0.3) is 0 Å². The molecule has 142 valence electrons. The highest BCUT2D eigenvalue weighted by Gasteiger charge is 2.31. The van der Waals surface area contributed by atoms with E-state index in [9.17, 15) is 0 Å². The molecule has 0 aliphatic carbocycles. The van der Waals surface area contributed by atoms with Crippen molar-refractivity contribution in [1.29, 1.82) is 0 Å². The molecule has 0 bridgehead atoms. The van der Waals surface area contributed by atoms with Crippen LogP contribution < -0.4 is 0 Å². The fraction of sp³-hybridized carbons (Fsp3) is 0.708. The van der Waals surface area contributed by atoms with E-state index in [0.717, 1.165) is 18.0 Å². The van der Waals surface area contributed by atoms with Crippen LogP contribution in [-0.4, -0.2) is 11.4 Å². The second-order valence-corrected chi connectivity index (χ2v) is 8.70. The highest BCUT2D eigenvalue weighted by Crippen LogP contribution is 2.36. The van der Waals surface area contributed by atoms with Gasteiger partial charge in [0.25, 0.3) is 0 Å². The Kier molecular flexibility index (Phi) is 8.80. The summed E-state index contributed by atoms with van der Waals surface area (Å²) in [6.07, 6.45) is 7.58. The van der Waals surface area contributed by atoms with E-state index in [2.05, 4.69) is 78.7 Å². The second kappa shape index (κ2) is 10.1.